The monoisotopic (exact) mass is 580 g/mol. The zero-order chi connectivity index (χ0) is 29.1. The van der Waals surface area contributed by atoms with Gasteiger partial charge in [-0.3, -0.25) is 15.0 Å². The van der Waals surface area contributed by atoms with Crippen molar-refractivity contribution in [2.24, 2.45) is 5.10 Å². The Bertz CT molecular complexity index is 1710. The maximum Gasteiger partial charge on any atom is 0.269 e. The molecule has 12 nitrogen and oxygen atoms in total. The van der Waals surface area contributed by atoms with Gasteiger partial charge in [0.15, 0.2) is 5.82 Å². The van der Waals surface area contributed by atoms with E-state index >= 15 is 0 Å². The number of piperazine rings is 1. The van der Waals surface area contributed by atoms with Crippen molar-refractivity contribution in [2.75, 3.05) is 33.2 Å². The third-order valence-electron chi connectivity index (χ3n) is 7.01. The van der Waals surface area contributed by atoms with E-state index in [1.165, 1.54) is 12.1 Å². The van der Waals surface area contributed by atoms with E-state index in [1.807, 2.05) is 60.7 Å². The van der Waals surface area contributed by atoms with Crippen LogP contribution in [-0.4, -0.2) is 83.4 Å². The molecule has 1 fully saturated rings. The second-order valence-corrected chi connectivity index (χ2v) is 10.3. The van der Waals surface area contributed by atoms with E-state index in [4.69, 9.17) is 27.4 Å². The highest BCUT2D eigenvalue weighted by Gasteiger charge is 2.23. The third-order valence-corrected chi connectivity index (χ3v) is 7.40. The minimum absolute atomic E-state index is 0.00791. The average Bonchev–Trinajstić information content (AvgIpc) is 3.60. The van der Waals surface area contributed by atoms with Crippen LogP contribution in [0, 0.1) is 14.9 Å². The van der Waals surface area contributed by atoms with Crippen molar-refractivity contribution in [1.29, 1.82) is 0 Å². The molecule has 1 aliphatic rings. The number of nitro benzene ring substituents is 1. The largest absolute Gasteiger partial charge is 0.304 e. The van der Waals surface area contributed by atoms with E-state index in [9.17, 15) is 10.1 Å². The van der Waals surface area contributed by atoms with Crippen LogP contribution in [0.5, 0.6) is 0 Å². The highest BCUT2D eigenvalue weighted by molar-refractivity contribution is 7.71. The number of rotatable bonds is 8. The van der Waals surface area contributed by atoms with Gasteiger partial charge in [-0.25, -0.2) is 14.3 Å². The van der Waals surface area contributed by atoms with Gasteiger partial charge in [0.25, 0.3) is 5.69 Å². The van der Waals surface area contributed by atoms with Gasteiger partial charge in [0.1, 0.15) is 0 Å². The number of nitrogens with zero attached hydrogens (tertiary/aromatic N) is 10. The van der Waals surface area contributed by atoms with Crippen LogP contribution in [0.4, 0.5) is 5.69 Å². The molecule has 5 aromatic rings. The molecule has 0 atom stereocenters. The first kappa shape index (κ1) is 27.3. The maximum atomic E-state index is 11.1. The van der Waals surface area contributed by atoms with E-state index in [0.29, 0.717) is 34.5 Å². The van der Waals surface area contributed by atoms with Crippen LogP contribution in [0.25, 0.3) is 28.7 Å². The second-order valence-electron chi connectivity index (χ2n) is 9.95. The van der Waals surface area contributed by atoms with Crippen molar-refractivity contribution in [3.8, 4) is 28.7 Å². The van der Waals surface area contributed by atoms with E-state index in [0.717, 1.165) is 37.4 Å². The van der Waals surface area contributed by atoms with Crippen LogP contribution in [0.2, 0.25) is 0 Å². The summed E-state index contributed by atoms with van der Waals surface area (Å²) in [7, 11) is 2.11. The van der Waals surface area contributed by atoms with Gasteiger partial charge in [-0.1, -0.05) is 48.5 Å². The van der Waals surface area contributed by atoms with Crippen molar-refractivity contribution in [3.63, 3.8) is 0 Å². The van der Waals surface area contributed by atoms with Gasteiger partial charge in [-0.05, 0) is 49.1 Å². The molecule has 0 spiro atoms. The molecule has 3 heterocycles. The predicted octanol–water partition coefficient (Wildman–Crippen LogP) is 4.32. The summed E-state index contributed by atoms with van der Waals surface area (Å²) < 4.78 is 5.47. The van der Waals surface area contributed by atoms with Crippen LogP contribution in [0.3, 0.4) is 0 Å². The summed E-state index contributed by atoms with van der Waals surface area (Å²) in [5.74, 6) is 1.41. The fourth-order valence-corrected chi connectivity index (χ4v) is 4.88. The summed E-state index contributed by atoms with van der Waals surface area (Å²) in [5.41, 5.74) is 2.43. The summed E-state index contributed by atoms with van der Waals surface area (Å²) >= 11 is 5.86. The van der Waals surface area contributed by atoms with Gasteiger partial charge >= 0.3 is 0 Å². The van der Waals surface area contributed by atoms with Crippen molar-refractivity contribution in [2.45, 2.75) is 6.67 Å². The fourth-order valence-electron chi connectivity index (χ4n) is 4.65. The van der Waals surface area contributed by atoms with Crippen LogP contribution in [-0.2, 0) is 6.67 Å². The summed E-state index contributed by atoms with van der Waals surface area (Å²) in [6.45, 7) is 4.22. The lowest BCUT2D eigenvalue weighted by molar-refractivity contribution is -0.384. The lowest BCUT2D eigenvalue weighted by Crippen LogP contribution is -2.45. The van der Waals surface area contributed by atoms with Gasteiger partial charge < -0.3 is 4.90 Å². The second kappa shape index (κ2) is 11.9. The Labute approximate surface area is 246 Å². The molecule has 6 rings (SSSR count). The molecule has 212 valence electrons. The molecule has 0 saturated carbocycles. The SMILES string of the molecule is CN1CCN(Cn2nc(-c3nc(-c4ccccc4)n(-c4ccccc4)n3)n(/N=C\c3ccc([N+](=O)[O-])cc3)c2=S)CC1. The van der Waals surface area contributed by atoms with Crippen molar-refractivity contribution >= 4 is 24.1 Å². The summed E-state index contributed by atoms with van der Waals surface area (Å²) in [6.07, 6.45) is 1.59. The summed E-state index contributed by atoms with van der Waals surface area (Å²) in [4.78, 5) is 20.2. The Morgan fingerprint density at radius 3 is 2.24 bits per heavy atom. The Kier molecular flexibility index (Phi) is 7.77. The average molecular weight is 581 g/mol. The van der Waals surface area contributed by atoms with Crippen molar-refractivity contribution in [3.05, 3.63) is 105 Å². The third kappa shape index (κ3) is 5.79. The first-order valence-corrected chi connectivity index (χ1v) is 13.8. The first-order valence-electron chi connectivity index (χ1n) is 13.4. The fraction of sp³-hybridized carbons (Fsp3) is 0.207. The molecule has 0 unspecified atom stereocenters. The van der Waals surface area contributed by atoms with Crippen molar-refractivity contribution in [1.82, 2.24) is 39.0 Å². The van der Waals surface area contributed by atoms with Gasteiger partial charge in [-0.2, -0.15) is 9.78 Å². The molecule has 0 N–H and O–H groups in total. The Morgan fingerprint density at radius 2 is 1.57 bits per heavy atom. The first-order chi connectivity index (χ1) is 20.5. The summed E-state index contributed by atoms with van der Waals surface area (Å²) in [6, 6.07) is 25.8. The number of likely N-dealkylation sites (N-methyl/N-ethyl adjacent to an activating group) is 1. The highest BCUT2D eigenvalue weighted by atomic mass is 32.1. The number of para-hydroxylation sites is 1. The molecule has 0 bridgehead atoms. The van der Waals surface area contributed by atoms with Gasteiger partial charge in [0, 0.05) is 43.9 Å². The lowest BCUT2D eigenvalue weighted by Gasteiger charge is -2.31. The van der Waals surface area contributed by atoms with Crippen molar-refractivity contribution < 1.29 is 4.92 Å². The Morgan fingerprint density at radius 1 is 0.905 bits per heavy atom. The predicted molar refractivity (Wildman–Crippen MR) is 162 cm³/mol. The molecule has 1 aliphatic heterocycles. The number of hydrogen-bond acceptors (Lipinski definition) is 9. The zero-order valence-electron chi connectivity index (χ0n) is 22.9. The molecule has 42 heavy (non-hydrogen) atoms. The van der Waals surface area contributed by atoms with E-state index < -0.39 is 4.92 Å². The number of non-ortho nitro benzene ring substituents is 1. The molecule has 3 aromatic carbocycles. The lowest BCUT2D eigenvalue weighted by atomic mass is 10.2. The van der Waals surface area contributed by atoms with E-state index in [-0.39, 0.29) is 5.69 Å². The molecule has 1 saturated heterocycles. The molecule has 0 aliphatic carbocycles. The minimum atomic E-state index is -0.434. The van der Waals surface area contributed by atoms with Gasteiger partial charge in [0.05, 0.1) is 23.5 Å². The maximum absolute atomic E-state index is 11.1. The van der Waals surface area contributed by atoms with Gasteiger partial charge in [-0.15, -0.1) is 10.2 Å². The van der Waals surface area contributed by atoms with E-state index in [2.05, 4.69) is 21.9 Å². The van der Waals surface area contributed by atoms with Crippen LogP contribution < -0.4 is 0 Å². The molecule has 2 aromatic heterocycles. The molecule has 0 amide bonds. The molecular formula is C29H28N10O2S. The zero-order valence-corrected chi connectivity index (χ0v) is 23.7. The summed E-state index contributed by atoms with van der Waals surface area (Å²) in [5, 5.41) is 25.5. The highest BCUT2D eigenvalue weighted by Crippen LogP contribution is 2.25. The van der Waals surface area contributed by atoms with E-state index in [1.54, 1.807) is 32.4 Å². The number of nitro groups is 1. The number of hydrogen-bond donors (Lipinski definition) is 0. The van der Waals surface area contributed by atoms with Crippen LogP contribution in [0.1, 0.15) is 5.56 Å². The standard InChI is InChI=1S/C29H28N10O2S/c1-34-16-18-35(19-17-34)21-36-29(42)38(30-20-22-12-14-25(15-13-22)39(40)41)28(33-36)26-31-27(23-8-4-2-5-9-23)37(32-26)24-10-6-3-7-11-24/h2-15,20H,16-19,21H2,1H3/b30-20-. The Balaban J connectivity index is 1.44. The number of aromatic nitrogens is 6. The topological polar surface area (TPSA) is 115 Å². The number of benzene rings is 3. The Hall–Kier alpha value is -4.85. The van der Waals surface area contributed by atoms with Crippen LogP contribution in [0.15, 0.2) is 90.0 Å². The quantitative estimate of drug-likeness (QED) is 0.115. The minimum Gasteiger partial charge on any atom is -0.304 e. The normalized spacial score (nSPS) is 14.5. The molecule has 13 heteroatoms. The smallest absolute Gasteiger partial charge is 0.269 e. The van der Waals surface area contributed by atoms with Crippen LogP contribution >= 0.6 is 12.2 Å². The van der Waals surface area contributed by atoms with Gasteiger partial charge in [0.2, 0.25) is 16.4 Å². The molecule has 0 radical (unpaired) electrons. The molecular weight excluding hydrogens is 552 g/mol.